The van der Waals surface area contributed by atoms with Crippen LogP contribution in [0.5, 0.6) is 0 Å². The Labute approximate surface area is 120 Å². The Morgan fingerprint density at radius 3 is 3.05 bits per heavy atom. The summed E-state index contributed by atoms with van der Waals surface area (Å²) < 4.78 is 13.9. The Morgan fingerprint density at radius 1 is 1.50 bits per heavy atom. The van der Waals surface area contributed by atoms with Crippen molar-refractivity contribution in [2.24, 2.45) is 0 Å². The van der Waals surface area contributed by atoms with Gasteiger partial charge in [0, 0.05) is 10.4 Å². The van der Waals surface area contributed by atoms with Gasteiger partial charge in [-0.05, 0) is 38.3 Å². The van der Waals surface area contributed by atoms with Crippen molar-refractivity contribution in [1.82, 2.24) is 4.98 Å². The summed E-state index contributed by atoms with van der Waals surface area (Å²) in [6.45, 7) is 1.90. The number of halogens is 1. The standard InChI is InChI=1S/C15H14FNO2S/c1-8-5-6-11(16)10(7-8)14-17-13-9(15(18)19)3-2-4-12(13)20-14/h5-7,9H,2-4H2,1H3,(H,18,19). The van der Waals surface area contributed by atoms with Crippen LogP contribution in [0.25, 0.3) is 10.6 Å². The summed E-state index contributed by atoms with van der Waals surface area (Å²) in [6, 6.07) is 4.90. The number of thiazole rings is 1. The van der Waals surface area contributed by atoms with Crippen molar-refractivity contribution >= 4 is 17.3 Å². The fraction of sp³-hybridized carbons (Fsp3) is 0.333. The molecule has 20 heavy (non-hydrogen) atoms. The van der Waals surface area contributed by atoms with E-state index in [9.17, 15) is 14.3 Å². The first-order valence-corrected chi connectivity index (χ1v) is 7.37. The molecule has 3 nitrogen and oxygen atoms in total. The minimum Gasteiger partial charge on any atom is -0.481 e. The van der Waals surface area contributed by atoms with E-state index in [-0.39, 0.29) is 5.82 Å². The average Bonchev–Trinajstić information content (AvgIpc) is 2.84. The van der Waals surface area contributed by atoms with Gasteiger partial charge in [-0.2, -0.15) is 0 Å². The Bertz CT molecular complexity index is 681. The normalized spacial score (nSPS) is 17.8. The zero-order chi connectivity index (χ0) is 14.3. The van der Waals surface area contributed by atoms with Gasteiger partial charge in [-0.3, -0.25) is 4.79 Å². The summed E-state index contributed by atoms with van der Waals surface area (Å²) in [5.74, 6) is -1.70. The van der Waals surface area contributed by atoms with Crippen molar-refractivity contribution in [3.05, 3.63) is 40.2 Å². The summed E-state index contributed by atoms with van der Waals surface area (Å²) in [5.41, 5.74) is 2.06. The minimum absolute atomic E-state index is 0.312. The monoisotopic (exact) mass is 291 g/mol. The molecule has 3 rings (SSSR count). The highest BCUT2D eigenvalue weighted by Gasteiger charge is 2.30. The van der Waals surface area contributed by atoms with E-state index in [0.29, 0.717) is 22.7 Å². The molecule has 1 aliphatic carbocycles. The molecule has 0 radical (unpaired) electrons. The highest BCUT2D eigenvalue weighted by Crippen LogP contribution is 2.39. The van der Waals surface area contributed by atoms with Gasteiger partial charge in [-0.25, -0.2) is 9.37 Å². The maximum Gasteiger partial charge on any atom is 0.312 e. The lowest BCUT2D eigenvalue weighted by Gasteiger charge is -2.16. The third-order valence-electron chi connectivity index (χ3n) is 3.60. The minimum atomic E-state index is -0.840. The molecule has 2 aromatic rings. The fourth-order valence-electron chi connectivity index (χ4n) is 2.58. The van der Waals surface area contributed by atoms with Gasteiger partial charge < -0.3 is 5.11 Å². The highest BCUT2D eigenvalue weighted by atomic mass is 32.1. The zero-order valence-corrected chi connectivity index (χ0v) is 11.8. The molecular formula is C15H14FNO2S. The molecule has 0 bridgehead atoms. The van der Waals surface area contributed by atoms with Crippen LogP contribution in [0.2, 0.25) is 0 Å². The van der Waals surface area contributed by atoms with E-state index in [1.54, 1.807) is 12.1 Å². The van der Waals surface area contributed by atoms with Gasteiger partial charge in [0.05, 0.1) is 11.6 Å². The van der Waals surface area contributed by atoms with Crippen molar-refractivity contribution in [1.29, 1.82) is 0 Å². The van der Waals surface area contributed by atoms with Gasteiger partial charge in [0.15, 0.2) is 0 Å². The molecule has 1 aromatic carbocycles. The number of aryl methyl sites for hydroxylation is 2. The zero-order valence-electron chi connectivity index (χ0n) is 11.0. The van der Waals surface area contributed by atoms with E-state index in [2.05, 4.69) is 4.98 Å². The predicted octanol–water partition coefficient (Wildman–Crippen LogP) is 3.76. The van der Waals surface area contributed by atoms with Crippen molar-refractivity contribution in [2.75, 3.05) is 0 Å². The number of carbonyl (C=O) groups is 1. The molecule has 0 saturated carbocycles. The number of carboxylic acid groups (broad SMARTS) is 1. The number of hydrogen-bond acceptors (Lipinski definition) is 3. The van der Waals surface area contributed by atoms with Crippen LogP contribution in [-0.4, -0.2) is 16.1 Å². The number of benzene rings is 1. The second-order valence-electron chi connectivity index (χ2n) is 5.09. The van der Waals surface area contributed by atoms with Crippen LogP contribution in [0.3, 0.4) is 0 Å². The fourth-order valence-corrected chi connectivity index (χ4v) is 3.76. The molecule has 5 heteroatoms. The molecule has 1 aliphatic rings. The first kappa shape index (κ1) is 13.2. The van der Waals surface area contributed by atoms with E-state index in [1.165, 1.54) is 17.4 Å². The number of aromatic nitrogens is 1. The molecule has 1 unspecified atom stereocenters. The lowest BCUT2D eigenvalue weighted by atomic mass is 9.91. The number of hydrogen-bond donors (Lipinski definition) is 1. The van der Waals surface area contributed by atoms with Gasteiger partial charge in [-0.15, -0.1) is 11.3 Å². The van der Waals surface area contributed by atoms with E-state index in [0.717, 1.165) is 23.3 Å². The summed E-state index contributed by atoms with van der Waals surface area (Å²) in [5, 5.41) is 9.84. The number of fused-ring (bicyclic) bond motifs is 1. The second-order valence-corrected chi connectivity index (χ2v) is 6.18. The van der Waals surface area contributed by atoms with E-state index in [4.69, 9.17) is 0 Å². The van der Waals surface area contributed by atoms with Crippen molar-refractivity contribution in [2.45, 2.75) is 32.1 Å². The summed E-state index contributed by atoms with van der Waals surface area (Å²) in [4.78, 5) is 16.7. The lowest BCUT2D eigenvalue weighted by Crippen LogP contribution is -2.17. The molecule has 0 fully saturated rings. The number of carboxylic acids is 1. The van der Waals surface area contributed by atoms with Crippen molar-refractivity contribution in [3.8, 4) is 10.6 Å². The van der Waals surface area contributed by atoms with Crippen LogP contribution in [0.4, 0.5) is 4.39 Å². The van der Waals surface area contributed by atoms with Gasteiger partial charge in [0.2, 0.25) is 0 Å². The van der Waals surface area contributed by atoms with E-state index < -0.39 is 11.9 Å². The maximum absolute atomic E-state index is 13.9. The van der Waals surface area contributed by atoms with Crippen LogP contribution in [-0.2, 0) is 11.2 Å². The third kappa shape index (κ3) is 2.22. The number of aliphatic carboxylic acids is 1. The molecule has 0 amide bonds. The van der Waals surface area contributed by atoms with Gasteiger partial charge in [0.25, 0.3) is 0 Å². The first-order valence-electron chi connectivity index (χ1n) is 6.55. The topological polar surface area (TPSA) is 50.2 Å². The van der Waals surface area contributed by atoms with E-state index >= 15 is 0 Å². The molecule has 0 saturated heterocycles. The van der Waals surface area contributed by atoms with Crippen LogP contribution in [0.15, 0.2) is 18.2 Å². The molecule has 0 aliphatic heterocycles. The van der Waals surface area contributed by atoms with Crippen LogP contribution < -0.4 is 0 Å². The van der Waals surface area contributed by atoms with Crippen LogP contribution >= 0.6 is 11.3 Å². The summed E-state index contributed by atoms with van der Waals surface area (Å²) in [7, 11) is 0. The average molecular weight is 291 g/mol. The van der Waals surface area contributed by atoms with Gasteiger partial charge >= 0.3 is 5.97 Å². The highest BCUT2D eigenvalue weighted by molar-refractivity contribution is 7.15. The largest absolute Gasteiger partial charge is 0.481 e. The molecule has 1 aromatic heterocycles. The lowest BCUT2D eigenvalue weighted by molar-refractivity contribution is -0.139. The first-order chi connectivity index (χ1) is 9.56. The second kappa shape index (κ2) is 4.98. The Kier molecular flexibility index (Phi) is 3.30. The Balaban J connectivity index is 2.09. The Morgan fingerprint density at radius 2 is 2.30 bits per heavy atom. The Hall–Kier alpha value is -1.75. The third-order valence-corrected chi connectivity index (χ3v) is 4.77. The summed E-state index contributed by atoms with van der Waals surface area (Å²) in [6.07, 6.45) is 2.30. The number of nitrogens with zero attached hydrogens (tertiary/aromatic N) is 1. The van der Waals surface area contributed by atoms with Gasteiger partial charge in [0.1, 0.15) is 10.8 Å². The maximum atomic E-state index is 13.9. The molecule has 1 heterocycles. The van der Waals surface area contributed by atoms with Crippen molar-refractivity contribution in [3.63, 3.8) is 0 Å². The molecule has 0 spiro atoms. The molecule has 1 N–H and O–H groups in total. The summed E-state index contributed by atoms with van der Waals surface area (Å²) >= 11 is 1.42. The van der Waals surface area contributed by atoms with Gasteiger partial charge in [-0.1, -0.05) is 11.6 Å². The van der Waals surface area contributed by atoms with E-state index in [1.807, 2.05) is 6.92 Å². The SMILES string of the molecule is Cc1ccc(F)c(-c2nc3c(s2)CCCC3C(=O)O)c1. The smallest absolute Gasteiger partial charge is 0.312 e. The van der Waals surface area contributed by atoms with Crippen LogP contribution in [0.1, 0.15) is 34.9 Å². The number of rotatable bonds is 2. The molecule has 1 atom stereocenters. The molecular weight excluding hydrogens is 277 g/mol. The predicted molar refractivity (Wildman–Crippen MR) is 75.6 cm³/mol. The quantitative estimate of drug-likeness (QED) is 0.916. The molecule has 104 valence electrons. The van der Waals surface area contributed by atoms with Crippen molar-refractivity contribution < 1.29 is 14.3 Å². The van der Waals surface area contributed by atoms with Crippen LogP contribution in [0, 0.1) is 12.7 Å².